The summed E-state index contributed by atoms with van der Waals surface area (Å²) in [4.78, 5) is 2.39. The highest BCUT2D eigenvalue weighted by Gasteiger charge is 2.25. The average molecular weight is 333 g/mol. The number of rotatable bonds is 8. The van der Waals surface area contributed by atoms with Crippen LogP contribution >= 0.6 is 11.3 Å². The van der Waals surface area contributed by atoms with Gasteiger partial charge in [0, 0.05) is 35.9 Å². The van der Waals surface area contributed by atoms with Crippen molar-refractivity contribution in [3.05, 3.63) is 15.8 Å². The lowest BCUT2D eigenvalue weighted by Gasteiger charge is -2.20. The summed E-state index contributed by atoms with van der Waals surface area (Å²) in [6.45, 7) is 11.5. The first-order valence-electron chi connectivity index (χ1n) is 7.47. The minimum absolute atomic E-state index is 0.366. The highest BCUT2D eigenvalue weighted by Crippen LogP contribution is 2.28. The van der Waals surface area contributed by atoms with Crippen molar-refractivity contribution >= 4 is 21.4 Å². The summed E-state index contributed by atoms with van der Waals surface area (Å²) in [5.74, 6) is 0.366. The Bertz CT molecular complexity index is 550. The maximum atomic E-state index is 12.7. The third kappa shape index (κ3) is 5.06. The van der Waals surface area contributed by atoms with E-state index in [0.29, 0.717) is 29.9 Å². The van der Waals surface area contributed by atoms with Crippen molar-refractivity contribution in [1.29, 1.82) is 0 Å². The summed E-state index contributed by atoms with van der Waals surface area (Å²) in [5.41, 5.74) is 0. The molecule has 0 radical (unpaired) electrons. The van der Waals surface area contributed by atoms with Gasteiger partial charge in [-0.15, -0.1) is 11.3 Å². The Kier molecular flexibility index (Phi) is 6.84. The van der Waals surface area contributed by atoms with E-state index < -0.39 is 10.0 Å². The molecule has 1 aromatic heterocycles. The summed E-state index contributed by atoms with van der Waals surface area (Å²) in [6.07, 6.45) is 0.978. The zero-order chi connectivity index (χ0) is 16.2. The lowest BCUT2D eigenvalue weighted by molar-refractivity contribution is 0.393. The van der Waals surface area contributed by atoms with Gasteiger partial charge in [-0.2, -0.15) is 0 Å². The van der Waals surface area contributed by atoms with Crippen LogP contribution in [0.25, 0.3) is 0 Å². The Morgan fingerprint density at radius 3 is 2.48 bits per heavy atom. The van der Waals surface area contributed by atoms with Crippen LogP contribution in [0.4, 0.5) is 0 Å². The predicted molar refractivity (Wildman–Crippen MR) is 90.3 cm³/mol. The van der Waals surface area contributed by atoms with Crippen molar-refractivity contribution in [2.45, 2.75) is 58.5 Å². The summed E-state index contributed by atoms with van der Waals surface area (Å²) in [5, 5.41) is 3.33. The summed E-state index contributed by atoms with van der Waals surface area (Å²) >= 11 is 1.56. The van der Waals surface area contributed by atoms with E-state index in [2.05, 4.69) is 33.0 Å². The van der Waals surface area contributed by atoms with E-state index in [4.69, 9.17) is 0 Å². The molecule has 1 aromatic rings. The molecule has 0 aliphatic heterocycles. The number of aryl methyl sites for hydroxylation is 1. The van der Waals surface area contributed by atoms with E-state index in [1.807, 2.05) is 13.0 Å². The number of nitrogens with zero attached hydrogens (tertiary/aromatic N) is 1. The maximum Gasteiger partial charge on any atom is 0.243 e. The molecule has 4 nitrogen and oxygen atoms in total. The molecule has 21 heavy (non-hydrogen) atoms. The minimum atomic E-state index is -3.38. The van der Waals surface area contributed by atoms with Crippen LogP contribution in [0.15, 0.2) is 11.0 Å². The molecule has 1 N–H and O–H groups in total. The first-order chi connectivity index (χ1) is 9.68. The van der Waals surface area contributed by atoms with Gasteiger partial charge < -0.3 is 5.32 Å². The molecule has 1 rings (SSSR count). The van der Waals surface area contributed by atoms with Crippen LogP contribution in [-0.4, -0.2) is 32.4 Å². The molecule has 0 aliphatic rings. The third-order valence-corrected chi connectivity index (χ3v) is 6.69. The summed E-state index contributed by atoms with van der Waals surface area (Å²) < 4.78 is 26.8. The molecule has 0 spiro atoms. The van der Waals surface area contributed by atoms with Gasteiger partial charge in [0.15, 0.2) is 0 Å². The van der Waals surface area contributed by atoms with Gasteiger partial charge in [-0.1, -0.05) is 34.1 Å². The smallest absolute Gasteiger partial charge is 0.243 e. The number of hydrogen-bond donors (Lipinski definition) is 1. The molecule has 0 aliphatic carbocycles. The molecule has 0 aromatic carbocycles. The van der Waals surface area contributed by atoms with E-state index in [1.165, 1.54) is 4.31 Å². The van der Waals surface area contributed by atoms with Crippen molar-refractivity contribution < 1.29 is 8.42 Å². The fourth-order valence-corrected chi connectivity index (χ4v) is 4.85. The van der Waals surface area contributed by atoms with E-state index in [9.17, 15) is 8.42 Å². The molecule has 0 amide bonds. The van der Waals surface area contributed by atoms with Crippen molar-refractivity contribution in [2.24, 2.45) is 5.92 Å². The molecule has 0 fully saturated rings. The highest BCUT2D eigenvalue weighted by atomic mass is 32.2. The van der Waals surface area contributed by atoms with Crippen molar-refractivity contribution in [2.75, 3.05) is 13.6 Å². The SMILES string of the molecule is CCC(C)CN(C)S(=O)(=O)c1cc(CNC(C)C)sc1C. The zero-order valence-corrected chi connectivity index (χ0v) is 15.6. The Morgan fingerprint density at radius 1 is 1.33 bits per heavy atom. The molecule has 1 heterocycles. The Labute approximate surface area is 133 Å². The molecule has 6 heteroatoms. The Balaban J connectivity index is 2.92. The lowest BCUT2D eigenvalue weighted by Crippen LogP contribution is -2.31. The van der Waals surface area contributed by atoms with E-state index in [1.54, 1.807) is 18.4 Å². The Morgan fingerprint density at radius 2 is 1.95 bits per heavy atom. The second-order valence-electron chi connectivity index (χ2n) is 5.97. The second-order valence-corrected chi connectivity index (χ2v) is 9.32. The fourth-order valence-electron chi connectivity index (χ4n) is 2.01. The molecule has 0 bridgehead atoms. The van der Waals surface area contributed by atoms with Gasteiger partial charge in [0.25, 0.3) is 0 Å². The number of nitrogens with one attached hydrogen (secondary N) is 1. The quantitative estimate of drug-likeness (QED) is 0.795. The molecular weight excluding hydrogens is 304 g/mol. The van der Waals surface area contributed by atoms with Crippen LogP contribution in [0.5, 0.6) is 0 Å². The van der Waals surface area contributed by atoms with Gasteiger partial charge in [-0.3, -0.25) is 0 Å². The van der Waals surface area contributed by atoms with Gasteiger partial charge >= 0.3 is 0 Å². The van der Waals surface area contributed by atoms with Crippen LogP contribution in [-0.2, 0) is 16.6 Å². The lowest BCUT2D eigenvalue weighted by atomic mass is 10.1. The normalized spacial score (nSPS) is 14.1. The first-order valence-corrected chi connectivity index (χ1v) is 9.73. The van der Waals surface area contributed by atoms with E-state index in [-0.39, 0.29) is 0 Å². The van der Waals surface area contributed by atoms with Gasteiger partial charge in [-0.25, -0.2) is 12.7 Å². The second kappa shape index (κ2) is 7.72. The third-order valence-electron chi connectivity index (χ3n) is 3.56. The van der Waals surface area contributed by atoms with Crippen molar-refractivity contribution in [3.8, 4) is 0 Å². The average Bonchev–Trinajstić information content (AvgIpc) is 2.78. The van der Waals surface area contributed by atoms with E-state index >= 15 is 0 Å². The molecular formula is C15H28N2O2S2. The number of sulfonamides is 1. The van der Waals surface area contributed by atoms with Crippen LogP contribution in [0, 0.1) is 12.8 Å². The topological polar surface area (TPSA) is 49.4 Å². The highest BCUT2D eigenvalue weighted by molar-refractivity contribution is 7.89. The molecule has 0 saturated heterocycles. The molecule has 1 atom stereocenters. The van der Waals surface area contributed by atoms with Crippen molar-refractivity contribution in [3.63, 3.8) is 0 Å². The molecule has 122 valence electrons. The van der Waals surface area contributed by atoms with Crippen molar-refractivity contribution in [1.82, 2.24) is 9.62 Å². The van der Waals surface area contributed by atoms with Gasteiger partial charge in [0.1, 0.15) is 0 Å². The van der Waals surface area contributed by atoms with E-state index in [0.717, 1.165) is 16.2 Å². The van der Waals surface area contributed by atoms with Gasteiger partial charge in [-0.05, 0) is 18.9 Å². The summed E-state index contributed by atoms with van der Waals surface area (Å²) in [6, 6.07) is 2.21. The minimum Gasteiger partial charge on any atom is -0.310 e. The van der Waals surface area contributed by atoms with Crippen LogP contribution in [0.2, 0.25) is 0 Å². The standard InChI is InChI=1S/C15H28N2O2S2/c1-7-12(4)10-17(6)21(18,19)15-8-14(20-13(15)5)9-16-11(2)3/h8,11-12,16H,7,9-10H2,1-6H3. The summed E-state index contributed by atoms with van der Waals surface area (Å²) in [7, 11) is -1.71. The predicted octanol–water partition coefficient (Wildman–Crippen LogP) is 3.22. The monoisotopic (exact) mass is 332 g/mol. The largest absolute Gasteiger partial charge is 0.310 e. The number of thiophene rings is 1. The molecule has 0 saturated carbocycles. The van der Waals surface area contributed by atoms with Crippen LogP contribution in [0.3, 0.4) is 0 Å². The zero-order valence-electron chi connectivity index (χ0n) is 13.9. The van der Waals surface area contributed by atoms with Gasteiger partial charge in [0.2, 0.25) is 10.0 Å². The fraction of sp³-hybridized carbons (Fsp3) is 0.733. The number of hydrogen-bond acceptors (Lipinski definition) is 4. The van der Waals surface area contributed by atoms with Crippen LogP contribution in [0.1, 0.15) is 43.9 Å². The maximum absolute atomic E-state index is 12.7. The Hall–Kier alpha value is -0.430. The first kappa shape index (κ1) is 18.6. The van der Waals surface area contributed by atoms with Gasteiger partial charge in [0.05, 0.1) is 4.90 Å². The van der Waals surface area contributed by atoms with Crippen LogP contribution < -0.4 is 5.32 Å². The molecule has 1 unspecified atom stereocenters.